The van der Waals surface area contributed by atoms with Crippen LogP contribution in [0.5, 0.6) is 0 Å². The van der Waals surface area contributed by atoms with E-state index in [0.717, 1.165) is 5.84 Å². The molecule has 2 heteroatoms. The van der Waals surface area contributed by atoms with E-state index in [4.69, 9.17) is 4.99 Å². The van der Waals surface area contributed by atoms with Crippen molar-refractivity contribution < 1.29 is 0 Å². The predicted molar refractivity (Wildman–Crippen MR) is 82.9 cm³/mol. The molecule has 20 heavy (non-hydrogen) atoms. The zero-order chi connectivity index (χ0) is 13.5. The van der Waals surface area contributed by atoms with Crippen LogP contribution in [0.1, 0.15) is 5.56 Å². The minimum absolute atomic E-state index is 0.227. The van der Waals surface area contributed by atoms with Crippen LogP contribution in [0.25, 0.3) is 12.2 Å². The Bertz CT molecular complexity index is 790. The predicted octanol–water partition coefficient (Wildman–Crippen LogP) is 1.39. The first-order valence-corrected chi connectivity index (χ1v) is 6.98. The molecule has 0 N–H and O–H groups in total. The quantitative estimate of drug-likeness (QED) is 0.756. The molecule has 0 saturated carbocycles. The fourth-order valence-electron chi connectivity index (χ4n) is 3.07. The van der Waals surface area contributed by atoms with E-state index in [9.17, 15) is 0 Å². The van der Waals surface area contributed by atoms with Gasteiger partial charge in [0.2, 0.25) is 0 Å². The number of hydrogen-bond donors (Lipinski definition) is 0. The first-order valence-electron chi connectivity index (χ1n) is 6.98. The summed E-state index contributed by atoms with van der Waals surface area (Å²) in [4.78, 5) is 7.20. The van der Waals surface area contributed by atoms with E-state index in [1.165, 1.54) is 16.0 Å². The number of hydrogen-bond acceptors (Lipinski definition) is 2. The highest BCUT2D eigenvalue weighted by Crippen LogP contribution is 2.23. The molecule has 2 atom stereocenters. The SMILES string of the molecule is CN1C(c2ccccc2)=NC2C=c3ccccc3=CC21. The lowest BCUT2D eigenvalue weighted by atomic mass is 9.99. The molecule has 2 unspecified atom stereocenters. The van der Waals surface area contributed by atoms with E-state index >= 15 is 0 Å². The Hall–Kier alpha value is -2.35. The van der Waals surface area contributed by atoms with Crippen LogP contribution in [0.2, 0.25) is 0 Å². The molecular weight excluding hydrogens is 244 g/mol. The van der Waals surface area contributed by atoms with E-state index < -0.39 is 0 Å². The van der Waals surface area contributed by atoms with Gasteiger partial charge in [-0.15, -0.1) is 0 Å². The molecule has 1 aliphatic carbocycles. The van der Waals surface area contributed by atoms with Crippen molar-refractivity contribution in [3.63, 3.8) is 0 Å². The maximum atomic E-state index is 4.92. The zero-order valence-corrected chi connectivity index (χ0v) is 11.4. The number of amidine groups is 1. The van der Waals surface area contributed by atoms with Gasteiger partial charge in [-0.2, -0.15) is 0 Å². The molecule has 0 spiro atoms. The number of fused-ring (bicyclic) bond motifs is 2. The largest absolute Gasteiger partial charge is 0.350 e. The maximum absolute atomic E-state index is 4.92. The number of likely N-dealkylation sites (N-methyl/N-ethyl adjacent to an activating group) is 1. The Labute approximate surface area is 118 Å². The van der Waals surface area contributed by atoms with Crippen molar-refractivity contribution >= 4 is 18.0 Å². The molecule has 0 bridgehead atoms. The van der Waals surface area contributed by atoms with Gasteiger partial charge in [0.05, 0.1) is 12.1 Å². The standard InChI is InChI=1S/C18H16N2/c1-20-17-12-15-10-6-5-9-14(15)11-16(17)19-18(20)13-7-3-2-4-8-13/h2-12,16-17H,1H3. The fraction of sp³-hybridized carbons (Fsp3) is 0.167. The molecule has 0 fully saturated rings. The van der Waals surface area contributed by atoms with Crippen molar-refractivity contribution in [2.45, 2.75) is 12.1 Å². The molecule has 0 aromatic heterocycles. The summed E-state index contributed by atoms with van der Waals surface area (Å²) in [6.45, 7) is 0. The summed E-state index contributed by atoms with van der Waals surface area (Å²) < 4.78 is 0. The van der Waals surface area contributed by atoms with Gasteiger partial charge in [-0.05, 0) is 16.5 Å². The highest BCUT2D eigenvalue weighted by molar-refractivity contribution is 6.01. The molecule has 98 valence electrons. The van der Waals surface area contributed by atoms with Crippen LogP contribution >= 0.6 is 0 Å². The minimum Gasteiger partial charge on any atom is -0.350 e. The topological polar surface area (TPSA) is 15.6 Å². The highest BCUT2D eigenvalue weighted by Gasteiger charge is 2.32. The van der Waals surface area contributed by atoms with Crippen molar-refractivity contribution in [1.82, 2.24) is 4.90 Å². The second-order valence-corrected chi connectivity index (χ2v) is 5.37. The van der Waals surface area contributed by atoms with Crippen LogP contribution in [0.3, 0.4) is 0 Å². The Morgan fingerprint density at radius 1 is 0.850 bits per heavy atom. The second-order valence-electron chi connectivity index (χ2n) is 5.37. The monoisotopic (exact) mass is 260 g/mol. The second kappa shape index (κ2) is 4.34. The van der Waals surface area contributed by atoms with Crippen molar-refractivity contribution in [2.24, 2.45) is 4.99 Å². The van der Waals surface area contributed by atoms with Gasteiger partial charge in [-0.25, -0.2) is 0 Å². The summed E-state index contributed by atoms with van der Waals surface area (Å²) >= 11 is 0. The molecule has 2 nitrogen and oxygen atoms in total. The highest BCUT2D eigenvalue weighted by atomic mass is 15.3. The number of benzene rings is 2. The third kappa shape index (κ3) is 1.68. The third-order valence-corrected chi connectivity index (χ3v) is 4.13. The fourth-order valence-corrected chi connectivity index (χ4v) is 3.07. The number of rotatable bonds is 1. The van der Waals surface area contributed by atoms with Crippen LogP contribution in [0.4, 0.5) is 0 Å². The third-order valence-electron chi connectivity index (χ3n) is 4.13. The van der Waals surface area contributed by atoms with E-state index in [1.807, 2.05) is 6.07 Å². The summed E-state index contributed by atoms with van der Waals surface area (Å²) in [5, 5.41) is 2.60. The lowest BCUT2D eigenvalue weighted by Gasteiger charge is -2.24. The molecule has 0 radical (unpaired) electrons. The van der Waals surface area contributed by atoms with Crippen molar-refractivity contribution in [3.8, 4) is 0 Å². The molecule has 0 saturated heterocycles. The summed E-state index contributed by atoms with van der Waals surface area (Å²) in [6.07, 6.45) is 4.62. The lowest BCUT2D eigenvalue weighted by molar-refractivity contribution is 0.463. The average Bonchev–Trinajstić information content (AvgIpc) is 2.83. The van der Waals surface area contributed by atoms with Gasteiger partial charge in [0.25, 0.3) is 0 Å². The van der Waals surface area contributed by atoms with Crippen molar-refractivity contribution in [1.29, 1.82) is 0 Å². The maximum Gasteiger partial charge on any atom is 0.131 e. The summed E-state index contributed by atoms with van der Waals surface area (Å²) in [6, 6.07) is 19.5. The summed E-state index contributed by atoms with van der Waals surface area (Å²) in [5.41, 5.74) is 1.19. The van der Waals surface area contributed by atoms with Crippen LogP contribution in [-0.2, 0) is 0 Å². The first kappa shape index (κ1) is 11.5. The van der Waals surface area contributed by atoms with Crippen LogP contribution in [0, 0.1) is 0 Å². The van der Waals surface area contributed by atoms with Crippen LogP contribution in [0.15, 0.2) is 59.6 Å². The van der Waals surface area contributed by atoms with E-state index in [1.54, 1.807) is 0 Å². The summed E-state index contributed by atoms with van der Waals surface area (Å²) in [5.74, 6) is 1.08. The van der Waals surface area contributed by atoms with Gasteiger partial charge in [0.15, 0.2) is 0 Å². The average molecular weight is 260 g/mol. The molecule has 2 aromatic carbocycles. The Kier molecular flexibility index (Phi) is 2.49. The summed E-state index contributed by atoms with van der Waals surface area (Å²) in [7, 11) is 2.13. The Morgan fingerprint density at radius 2 is 1.50 bits per heavy atom. The first-order chi connectivity index (χ1) is 9.83. The van der Waals surface area contributed by atoms with Gasteiger partial charge < -0.3 is 4.90 Å². The van der Waals surface area contributed by atoms with E-state index in [-0.39, 0.29) is 6.04 Å². The van der Waals surface area contributed by atoms with Gasteiger partial charge in [0, 0.05) is 12.6 Å². The molecule has 2 aliphatic rings. The molecule has 0 amide bonds. The normalized spacial score (nSPS) is 23.2. The van der Waals surface area contributed by atoms with Gasteiger partial charge in [0.1, 0.15) is 5.84 Å². The molecule has 1 aliphatic heterocycles. The van der Waals surface area contributed by atoms with Crippen LogP contribution < -0.4 is 10.4 Å². The Morgan fingerprint density at radius 3 is 2.25 bits per heavy atom. The molecule has 1 heterocycles. The molecule has 4 rings (SSSR count). The van der Waals surface area contributed by atoms with Crippen molar-refractivity contribution in [2.75, 3.05) is 7.05 Å². The van der Waals surface area contributed by atoms with Gasteiger partial charge in [-0.3, -0.25) is 4.99 Å². The van der Waals surface area contributed by atoms with E-state index in [2.05, 4.69) is 72.6 Å². The Balaban J connectivity index is 1.82. The van der Waals surface area contributed by atoms with Gasteiger partial charge in [-0.1, -0.05) is 60.7 Å². The lowest BCUT2D eigenvalue weighted by Crippen LogP contribution is -2.42. The minimum atomic E-state index is 0.227. The number of aliphatic imine (C=N–C) groups is 1. The molecular formula is C18H16N2. The number of nitrogens with zero attached hydrogens (tertiary/aromatic N) is 2. The smallest absolute Gasteiger partial charge is 0.131 e. The van der Waals surface area contributed by atoms with E-state index in [0.29, 0.717) is 6.04 Å². The zero-order valence-electron chi connectivity index (χ0n) is 11.4. The molecule has 2 aromatic rings. The van der Waals surface area contributed by atoms with Crippen molar-refractivity contribution in [3.05, 3.63) is 70.6 Å². The van der Waals surface area contributed by atoms with Gasteiger partial charge >= 0.3 is 0 Å². The van der Waals surface area contributed by atoms with Crippen LogP contribution in [-0.4, -0.2) is 29.9 Å².